The number of aromatic nitrogens is 1. The summed E-state index contributed by atoms with van der Waals surface area (Å²) >= 11 is 0. The van der Waals surface area contributed by atoms with Crippen LogP contribution in [0.1, 0.15) is 24.7 Å². The number of aryl methyl sites for hydroxylation is 1. The second kappa shape index (κ2) is 3.66. The van der Waals surface area contributed by atoms with Gasteiger partial charge in [0.05, 0.1) is 0 Å². The minimum atomic E-state index is 0.902. The molecule has 0 aromatic carbocycles. The van der Waals surface area contributed by atoms with E-state index in [1.54, 1.807) is 0 Å². The van der Waals surface area contributed by atoms with E-state index in [1.165, 1.54) is 22.5 Å². The predicted molar refractivity (Wildman–Crippen MR) is 60.4 cm³/mol. The smallest absolute Gasteiger partial charge is 0.0421 e. The minimum Gasteiger partial charge on any atom is -0.359 e. The summed E-state index contributed by atoms with van der Waals surface area (Å²) in [5, 5.41) is 0. The number of aromatic amines is 1. The van der Waals surface area contributed by atoms with Crippen molar-refractivity contribution in [3.8, 4) is 0 Å². The summed E-state index contributed by atoms with van der Waals surface area (Å²) in [6, 6.07) is 4.22. The maximum atomic E-state index is 4.14. The normalized spacial score (nSPS) is 16.1. The lowest BCUT2D eigenvalue weighted by Gasteiger charge is -2.03. The van der Waals surface area contributed by atoms with Crippen molar-refractivity contribution >= 4 is 11.8 Å². The molecule has 2 heterocycles. The molecule has 0 unspecified atom stereocenters. The Kier molecular flexibility index (Phi) is 2.35. The molecule has 0 spiro atoms. The molecule has 72 valence electrons. The Labute approximate surface area is 84.1 Å². The van der Waals surface area contributed by atoms with Crippen molar-refractivity contribution in [2.75, 3.05) is 0 Å². The third-order valence-electron chi connectivity index (χ3n) is 2.44. The molecule has 1 aliphatic heterocycles. The summed E-state index contributed by atoms with van der Waals surface area (Å²) in [6.45, 7) is 4.19. The quantitative estimate of drug-likeness (QED) is 0.698. The van der Waals surface area contributed by atoms with Crippen molar-refractivity contribution < 1.29 is 0 Å². The number of nitrogens with zero attached hydrogens (tertiary/aromatic N) is 1. The topological polar surface area (TPSA) is 28.1 Å². The predicted octanol–water partition coefficient (Wildman–Crippen LogP) is 3.08. The summed E-state index contributed by atoms with van der Waals surface area (Å²) in [5.74, 6) is 0. The minimum absolute atomic E-state index is 0.902. The molecule has 0 saturated heterocycles. The molecule has 14 heavy (non-hydrogen) atoms. The molecule has 0 atom stereocenters. The first-order valence-corrected chi connectivity index (χ1v) is 4.81. The lowest BCUT2D eigenvalue weighted by Crippen LogP contribution is -1.89. The number of nitrogens with one attached hydrogen (secondary N) is 1. The van der Waals surface area contributed by atoms with Crippen LogP contribution >= 0.6 is 0 Å². The van der Waals surface area contributed by atoms with Gasteiger partial charge in [0.25, 0.3) is 0 Å². The number of allylic oxidation sites excluding steroid dienone is 3. The van der Waals surface area contributed by atoms with Gasteiger partial charge in [0.1, 0.15) is 0 Å². The molecule has 0 saturated carbocycles. The second-order valence-corrected chi connectivity index (χ2v) is 3.57. The van der Waals surface area contributed by atoms with Gasteiger partial charge in [0, 0.05) is 30.2 Å². The molecule has 0 fully saturated rings. The highest BCUT2D eigenvalue weighted by molar-refractivity contribution is 5.82. The van der Waals surface area contributed by atoms with Gasteiger partial charge >= 0.3 is 0 Å². The molecule has 0 radical (unpaired) electrons. The van der Waals surface area contributed by atoms with Gasteiger partial charge in [-0.1, -0.05) is 0 Å². The number of hydrogen-bond donors (Lipinski definition) is 1. The van der Waals surface area contributed by atoms with E-state index in [0.29, 0.717) is 0 Å². The van der Waals surface area contributed by atoms with Gasteiger partial charge in [-0.15, -0.1) is 0 Å². The van der Waals surface area contributed by atoms with E-state index in [2.05, 4.69) is 42.0 Å². The van der Waals surface area contributed by atoms with Crippen LogP contribution in [0.5, 0.6) is 0 Å². The molecular formula is C12H14N2. The van der Waals surface area contributed by atoms with Crippen LogP contribution in [0.25, 0.3) is 5.57 Å². The van der Waals surface area contributed by atoms with E-state index >= 15 is 0 Å². The van der Waals surface area contributed by atoms with Gasteiger partial charge in [-0.05, 0) is 43.2 Å². The monoisotopic (exact) mass is 186 g/mol. The van der Waals surface area contributed by atoms with E-state index in [1.807, 2.05) is 12.4 Å². The Morgan fingerprint density at radius 1 is 1.29 bits per heavy atom. The maximum Gasteiger partial charge on any atom is 0.0421 e. The van der Waals surface area contributed by atoms with Crippen molar-refractivity contribution in [1.82, 2.24) is 4.98 Å². The Balaban J connectivity index is 2.42. The van der Waals surface area contributed by atoms with Crippen LogP contribution in [0.2, 0.25) is 0 Å². The number of H-pyrrole nitrogens is 1. The van der Waals surface area contributed by atoms with Gasteiger partial charge in [-0.25, -0.2) is 0 Å². The summed E-state index contributed by atoms with van der Waals surface area (Å²) in [7, 11) is 0. The second-order valence-electron chi connectivity index (χ2n) is 3.57. The van der Waals surface area contributed by atoms with E-state index in [4.69, 9.17) is 0 Å². The van der Waals surface area contributed by atoms with E-state index in [0.717, 1.165) is 6.42 Å². The highest BCUT2D eigenvalue weighted by Gasteiger charge is 2.06. The molecule has 1 aromatic rings. The lowest BCUT2D eigenvalue weighted by atomic mass is 10.0. The first-order chi connectivity index (χ1) is 6.77. The molecule has 0 bridgehead atoms. The molecular weight excluding hydrogens is 172 g/mol. The Morgan fingerprint density at radius 3 is 2.86 bits per heavy atom. The van der Waals surface area contributed by atoms with Crippen LogP contribution < -0.4 is 0 Å². The largest absolute Gasteiger partial charge is 0.359 e. The van der Waals surface area contributed by atoms with Crippen molar-refractivity contribution in [3.63, 3.8) is 0 Å². The third-order valence-corrected chi connectivity index (χ3v) is 2.44. The first kappa shape index (κ1) is 9.00. The highest BCUT2D eigenvalue weighted by atomic mass is 14.7. The summed E-state index contributed by atoms with van der Waals surface area (Å²) in [5.41, 5.74) is 5.02. The van der Waals surface area contributed by atoms with E-state index < -0.39 is 0 Å². The third kappa shape index (κ3) is 1.69. The van der Waals surface area contributed by atoms with Crippen molar-refractivity contribution in [2.24, 2.45) is 4.99 Å². The van der Waals surface area contributed by atoms with E-state index in [9.17, 15) is 0 Å². The fraction of sp³-hybridized carbons (Fsp3) is 0.250. The number of aliphatic imine (C=N–C) groups is 1. The van der Waals surface area contributed by atoms with Crippen molar-refractivity contribution in [1.29, 1.82) is 0 Å². The molecule has 1 N–H and O–H groups in total. The maximum absolute atomic E-state index is 4.14. The standard InChI is InChI=1S/C12H14N2/c1-9-5-7-13-8-6-11(9)12-4-3-10(2)14-12/h3-5,7-8,14H,6H2,1-2H3. The van der Waals surface area contributed by atoms with Gasteiger partial charge < -0.3 is 4.98 Å². The van der Waals surface area contributed by atoms with Crippen LogP contribution in [0, 0.1) is 6.92 Å². The Morgan fingerprint density at radius 2 is 2.14 bits per heavy atom. The van der Waals surface area contributed by atoms with E-state index in [-0.39, 0.29) is 0 Å². The van der Waals surface area contributed by atoms with Gasteiger partial charge in [-0.3, -0.25) is 4.99 Å². The molecule has 2 heteroatoms. The molecule has 1 aliphatic rings. The van der Waals surface area contributed by atoms with Gasteiger partial charge in [0.2, 0.25) is 0 Å². The molecule has 0 amide bonds. The van der Waals surface area contributed by atoms with Crippen LogP contribution in [-0.2, 0) is 0 Å². The summed E-state index contributed by atoms with van der Waals surface area (Å²) in [6.07, 6.45) is 6.74. The zero-order valence-corrected chi connectivity index (χ0v) is 8.54. The molecule has 1 aromatic heterocycles. The Hall–Kier alpha value is -1.57. The van der Waals surface area contributed by atoms with Crippen molar-refractivity contribution in [2.45, 2.75) is 20.3 Å². The van der Waals surface area contributed by atoms with Gasteiger partial charge in [-0.2, -0.15) is 0 Å². The van der Waals surface area contributed by atoms with Gasteiger partial charge in [0.15, 0.2) is 0 Å². The summed E-state index contributed by atoms with van der Waals surface area (Å²) in [4.78, 5) is 7.49. The Bertz CT molecular complexity index is 419. The fourth-order valence-corrected chi connectivity index (χ4v) is 1.62. The zero-order valence-electron chi connectivity index (χ0n) is 8.54. The molecule has 2 nitrogen and oxygen atoms in total. The van der Waals surface area contributed by atoms with Crippen LogP contribution in [0.4, 0.5) is 0 Å². The molecule has 2 rings (SSSR count). The van der Waals surface area contributed by atoms with Crippen LogP contribution in [0.15, 0.2) is 35.0 Å². The first-order valence-electron chi connectivity index (χ1n) is 4.81. The average molecular weight is 186 g/mol. The molecule has 0 aliphatic carbocycles. The fourth-order valence-electron chi connectivity index (χ4n) is 1.62. The lowest BCUT2D eigenvalue weighted by molar-refractivity contribution is 1.22. The highest BCUT2D eigenvalue weighted by Crippen LogP contribution is 2.23. The number of rotatable bonds is 1. The average Bonchev–Trinajstić information content (AvgIpc) is 2.46. The van der Waals surface area contributed by atoms with Crippen LogP contribution in [-0.4, -0.2) is 11.2 Å². The van der Waals surface area contributed by atoms with Crippen molar-refractivity contribution in [3.05, 3.63) is 41.4 Å². The SMILES string of the molecule is CC1=C(c2ccc(C)[nH]2)CC=NC=C1. The summed E-state index contributed by atoms with van der Waals surface area (Å²) < 4.78 is 0. The zero-order chi connectivity index (χ0) is 9.97. The number of hydrogen-bond acceptors (Lipinski definition) is 1. The van der Waals surface area contributed by atoms with Crippen LogP contribution in [0.3, 0.4) is 0 Å².